The van der Waals surface area contributed by atoms with E-state index in [1.807, 2.05) is 18.2 Å². The maximum atomic E-state index is 13.4. The van der Waals surface area contributed by atoms with Crippen LogP contribution in [0, 0.1) is 5.82 Å². The Morgan fingerprint density at radius 3 is 2.32 bits per heavy atom. The summed E-state index contributed by atoms with van der Waals surface area (Å²) in [5.74, 6) is 0.871. The molecule has 0 atom stereocenters. The molecule has 176 valence electrons. The van der Waals surface area contributed by atoms with Crippen LogP contribution in [0.5, 0.6) is 11.5 Å². The molecule has 0 aliphatic carbocycles. The van der Waals surface area contributed by atoms with Crippen molar-refractivity contribution in [1.29, 1.82) is 0 Å². The molecular formula is C25H23FN2O5S. The Balaban J connectivity index is 1.63. The lowest BCUT2D eigenvalue weighted by atomic mass is 10.1. The number of aromatic nitrogens is 1. The van der Waals surface area contributed by atoms with E-state index < -0.39 is 15.7 Å². The molecule has 0 unspecified atom stereocenters. The maximum Gasteiger partial charge on any atom is 0.233 e. The fourth-order valence-corrected chi connectivity index (χ4v) is 4.66. The maximum absolute atomic E-state index is 13.4. The molecule has 0 radical (unpaired) electrons. The van der Waals surface area contributed by atoms with Crippen molar-refractivity contribution >= 4 is 15.7 Å². The number of hydrogen-bond donors (Lipinski definition) is 1. The number of benzene rings is 3. The zero-order valence-electron chi connectivity index (χ0n) is 18.6. The third kappa shape index (κ3) is 4.89. The van der Waals surface area contributed by atoms with Crippen LogP contribution in [0.1, 0.15) is 5.56 Å². The highest BCUT2D eigenvalue weighted by atomic mass is 32.2. The number of nitrogens with one attached hydrogen (secondary N) is 1. The first kappa shape index (κ1) is 23.3. The molecule has 4 aromatic rings. The van der Waals surface area contributed by atoms with Gasteiger partial charge >= 0.3 is 0 Å². The van der Waals surface area contributed by atoms with E-state index in [1.54, 1.807) is 44.6 Å². The molecular weight excluding hydrogens is 459 g/mol. The number of rotatable bonds is 9. The second kappa shape index (κ2) is 9.96. The normalized spacial score (nSPS) is 11.3. The first-order valence-corrected chi connectivity index (χ1v) is 11.9. The van der Waals surface area contributed by atoms with E-state index in [9.17, 15) is 12.8 Å². The molecule has 1 heterocycles. The average molecular weight is 483 g/mol. The minimum atomic E-state index is -4.06. The third-order valence-electron chi connectivity index (χ3n) is 5.14. The first-order chi connectivity index (χ1) is 16.4. The summed E-state index contributed by atoms with van der Waals surface area (Å²) in [7, 11) is -0.931. The van der Waals surface area contributed by atoms with E-state index in [0.717, 1.165) is 17.7 Å². The predicted octanol–water partition coefficient (Wildman–Crippen LogP) is 4.99. The number of hydrogen-bond acceptors (Lipinski definition) is 7. The lowest BCUT2D eigenvalue weighted by Gasteiger charge is -2.10. The Labute approximate surface area is 197 Å². The number of halogens is 1. The fraction of sp³-hybridized carbons (Fsp3) is 0.160. The van der Waals surface area contributed by atoms with Crippen molar-refractivity contribution in [3.8, 4) is 23.0 Å². The van der Waals surface area contributed by atoms with Gasteiger partial charge in [-0.1, -0.05) is 24.3 Å². The highest BCUT2D eigenvalue weighted by molar-refractivity contribution is 7.91. The Morgan fingerprint density at radius 1 is 0.941 bits per heavy atom. The van der Waals surface area contributed by atoms with Gasteiger partial charge in [-0.25, -0.2) is 12.8 Å². The molecule has 1 N–H and O–H groups in total. The molecule has 4 rings (SSSR count). The number of sulfone groups is 1. The van der Waals surface area contributed by atoms with Gasteiger partial charge in [-0.15, -0.1) is 0 Å². The van der Waals surface area contributed by atoms with Crippen molar-refractivity contribution < 1.29 is 26.7 Å². The van der Waals surface area contributed by atoms with Crippen molar-refractivity contribution in [3.63, 3.8) is 0 Å². The molecule has 0 spiro atoms. The number of anilines is 1. The lowest BCUT2D eigenvalue weighted by Crippen LogP contribution is -2.10. The molecule has 0 aliphatic rings. The fourth-order valence-electron chi connectivity index (χ4n) is 3.39. The van der Waals surface area contributed by atoms with E-state index >= 15 is 0 Å². The third-order valence-corrected chi connectivity index (χ3v) is 6.82. The zero-order valence-corrected chi connectivity index (χ0v) is 19.4. The highest BCUT2D eigenvalue weighted by Crippen LogP contribution is 2.33. The molecule has 3 aromatic carbocycles. The molecule has 7 nitrogen and oxygen atoms in total. The molecule has 0 saturated heterocycles. The van der Waals surface area contributed by atoms with Crippen molar-refractivity contribution in [1.82, 2.24) is 4.98 Å². The number of oxazole rings is 1. The van der Waals surface area contributed by atoms with Gasteiger partial charge in [0.15, 0.2) is 11.5 Å². The van der Waals surface area contributed by atoms with E-state index in [2.05, 4.69) is 10.3 Å². The van der Waals surface area contributed by atoms with Gasteiger partial charge in [0.25, 0.3) is 0 Å². The summed E-state index contributed by atoms with van der Waals surface area (Å²) in [6, 6.07) is 19.1. The average Bonchev–Trinajstić information content (AvgIpc) is 3.30. The van der Waals surface area contributed by atoms with Crippen LogP contribution in [0.15, 0.2) is 87.1 Å². The summed E-state index contributed by atoms with van der Waals surface area (Å²) in [4.78, 5) is 4.20. The van der Waals surface area contributed by atoms with Crippen LogP contribution in [-0.2, 0) is 16.3 Å². The minimum absolute atomic E-state index is 0.0173. The van der Waals surface area contributed by atoms with Crippen molar-refractivity contribution in [2.24, 2.45) is 0 Å². The topological polar surface area (TPSA) is 90.7 Å². The monoisotopic (exact) mass is 482 g/mol. The summed E-state index contributed by atoms with van der Waals surface area (Å²) >= 11 is 0. The van der Waals surface area contributed by atoms with Crippen molar-refractivity contribution in [2.75, 3.05) is 26.1 Å². The van der Waals surface area contributed by atoms with Crippen LogP contribution in [0.2, 0.25) is 0 Å². The lowest BCUT2D eigenvalue weighted by molar-refractivity contribution is 0.354. The van der Waals surface area contributed by atoms with Crippen LogP contribution in [-0.4, -0.2) is 34.2 Å². The second-order valence-electron chi connectivity index (χ2n) is 7.34. The van der Waals surface area contributed by atoms with Crippen molar-refractivity contribution in [2.45, 2.75) is 16.3 Å². The Morgan fingerprint density at radius 2 is 1.65 bits per heavy atom. The van der Waals surface area contributed by atoms with Crippen molar-refractivity contribution in [3.05, 3.63) is 84.2 Å². The summed E-state index contributed by atoms with van der Waals surface area (Å²) in [6.45, 7) is 0.366. The largest absolute Gasteiger partial charge is 0.493 e. The summed E-state index contributed by atoms with van der Waals surface area (Å²) in [5.41, 5.74) is 1.59. The van der Waals surface area contributed by atoms with Gasteiger partial charge < -0.3 is 19.2 Å². The van der Waals surface area contributed by atoms with Gasteiger partial charge in [-0.3, -0.25) is 0 Å². The van der Waals surface area contributed by atoms with E-state index in [-0.39, 0.29) is 21.7 Å². The van der Waals surface area contributed by atoms with E-state index in [1.165, 1.54) is 12.1 Å². The number of methoxy groups -OCH3 is 2. The standard InChI is InChI=1S/C25H23FN2O5S/c1-31-21-13-8-17(16-22(21)32-2)14-15-27-24-25(28-23(33-24)18-6-4-3-5-7-18)34(29,30)20-11-9-19(26)10-12-20/h3-13,16,27H,14-15H2,1-2H3. The smallest absolute Gasteiger partial charge is 0.233 e. The van der Waals surface area contributed by atoms with Crippen LogP contribution >= 0.6 is 0 Å². The SMILES string of the molecule is COc1ccc(CCNc2oc(-c3ccccc3)nc2S(=O)(=O)c2ccc(F)cc2)cc1OC. The minimum Gasteiger partial charge on any atom is -0.493 e. The van der Waals surface area contributed by atoms with Gasteiger partial charge in [-0.2, -0.15) is 4.98 Å². The van der Waals surface area contributed by atoms with E-state index in [0.29, 0.717) is 30.0 Å². The van der Waals surface area contributed by atoms with Crippen LogP contribution < -0.4 is 14.8 Å². The number of ether oxygens (including phenoxy) is 2. The molecule has 0 bridgehead atoms. The van der Waals surface area contributed by atoms with Gasteiger partial charge in [0.2, 0.25) is 26.6 Å². The highest BCUT2D eigenvalue weighted by Gasteiger charge is 2.28. The Hall–Kier alpha value is -3.85. The Kier molecular flexibility index (Phi) is 6.83. The molecule has 1 aromatic heterocycles. The van der Waals surface area contributed by atoms with Crippen LogP contribution in [0.4, 0.5) is 10.3 Å². The Bertz CT molecular complexity index is 1370. The van der Waals surface area contributed by atoms with Crippen LogP contribution in [0.25, 0.3) is 11.5 Å². The van der Waals surface area contributed by atoms with Crippen LogP contribution in [0.3, 0.4) is 0 Å². The van der Waals surface area contributed by atoms with Gasteiger partial charge in [0, 0.05) is 12.1 Å². The first-order valence-electron chi connectivity index (χ1n) is 10.4. The second-order valence-corrected chi connectivity index (χ2v) is 9.21. The van der Waals surface area contributed by atoms with E-state index in [4.69, 9.17) is 13.9 Å². The summed E-state index contributed by atoms with van der Waals surface area (Å²) in [6.07, 6.45) is 0.553. The molecule has 0 saturated carbocycles. The predicted molar refractivity (Wildman–Crippen MR) is 126 cm³/mol. The van der Waals surface area contributed by atoms with Gasteiger partial charge in [-0.05, 0) is 60.5 Å². The summed E-state index contributed by atoms with van der Waals surface area (Å²) < 4.78 is 56.3. The van der Waals surface area contributed by atoms with Gasteiger partial charge in [0.05, 0.1) is 19.1 Å². The number of nitrogens with zero attached hydrogens (tertiary/aromatic N) is 1. The zero-order chi connectivity index (χ0) is 24.1. The summed E-state index contributed by atoms with van der Waals surface area (Å²) in [5, 5.41) is 2.79. The molecule has 0 fully saturated rings. The quantitative estimate of drug-likeness (QED) is 0.336. The molecule has 0 aliphatic heterocycles. The molecule has 9 heteroatoms. The molecule has 34 heavy (non-hydrogen) atoms. The molecule has 0 amide bonds. The van der Waals surface area contributed by atoms with Gasteiger partial charge in [0.1, 0.15) is 5.82 Å².